The van der Waals surface area contributed by atoms with Gasteiger partial charge in [-0.05, 0) is 26.0 Å². The Labute approximate surface area is 106 Å². The quantitative estimate of drug-likeness (QED) is 0.804. The highest BCUT2D eigenvalue weighted by Gasteiger charge is 2.17. The third-order valence-electron chi connectivity index (χ3n) is 2.49. The van der Waals surface area contributed by atoms with Gasteiger partial charge in [-0.3, -0.25) is 9.59 Å². The largest absolute Gasteiger partial charge is 0.497 e. The normalized spacial score (nSPS) is 11.6. The van der Waals surface area contributed by atoms with Crippen LogP contribution in [0.3, 0.4) is 0 Å². The average molecular weight is 251 g/mol. The first-order chi connectivity index (χ1) is 8.49. The summed E-state index contributed by atoms with van der Waals surface area (Å²) in [5, 5.41) is 2.48. The molecule has 18 heavy (non-hydrogen) atoms. The highest BCUT2D eigenvalue weighted by molar-refractivity contribution is 5.97. The fourth-order valence-electron chi connectivity index (χ4n) is 1.47. The van der Waals surface area contributed by atoms with Gasteiger partial charge in [0.15, 0.2) is 11.9 Å². The fourth-order valence-corrected chi connectivity index (χ4v) is 1.47. The molecule has 1 unspecified atom stereocenters. The summed E-state index contributed by atoms with van der Waals surface area (Å²) in [7, 11) is 3.05. The van der Waals surface area contributed by atoms with Gasteiger partial charge in [0.25, 0.3) is 5.91 Å². The predicted octanol–water partition coefficient (Wildman–Crippen LogP) is 1.41. The Kier molecular flexibility index (Phi) is 4.71. The van der Waals surface area contributed by atoms with Gasteiger partial charge in [-0.25, -0.2) is 0 Å². The van der Waals surface area contributed by atoms with Crippen molar-refractivity contribution in [2.75, 3.05) is 14.2 Å². The summed E-state index contributed by atoms with van der Waals surface area (Å²) in [5.74, 6) is 0.529. The lowest BCUT2D eigenvalue weighted by molar-refractivity contribution is -0.126. The molecule has 0 bridgehead atoms. The Hall–Kier alpha value is -2.04. The van der Waals surface area contributed by atoms with Gasteiger partial charge in [-0.15, -0.1) is 0 Å². The molecule has 1 amide bonds. The van der Waals surface area contributed by atoms with Gasteiger partial charge in [0.1, 0.15) is 11.5 Å². The van der Waals surface area contributed by atoms with E-state index in [4.69, 9.17) is 9.47 Å². The Morgan fingerprint density at radius 2 is 2.00 bits per heavy atom. The number of ketones is 1. The molecule has 5 heteroatoms. The van der Waals surface area contributed by atoms with Crippen molar-refractivity contribution in [2.24, 2.45) is 0 Å². The molecule has 1 rings (SSSR count). The van der Waals surface area contributed by atoms with E-state index in [0.29, 0.717) is 17.1 Å². The van der Waals surface area contributed by atoms with Crippen LogP contribution < -0.4 is 14.8 Å². The minimum absolute atomic E-state index is 0.128. The predicted molar refractivity (Wildman–Crippen MR) is 67.2 cm³/mol. The van der Waals surface area contributed by atoms with Gasteiger partial charge in [-0.2, -0.15) is 0 Å². The van der Waals surface area contributed by atoms with E-state index in [9.17, 15) is 9.59 Å². The van der Waals surface area contributed by atoms with Crippen LogP contribution >= 0.6 is 0 Å². The smallest absolute Gasteiger partial charge is 0.260 e. The number of carbonyl (C=O) groups is 2. The third kappa shape index (κ3) is 3.23. The first kappa shape index (κ1) is 14.0. The fraction of sp³-hybridized carbons (Fsp3) is 0.385. The topological polar surface area (TPSA) is 64.6 Å². The maximum absolute atomic E-state index is 11.5. The third-order valence-corrected chi connectivity index (χ3v) is 2.49. The van der Waals surface area contributed by atoms with Gasteiger partial charge in [0.05, 0.1) is 12.7 Å². The molecule has 0 aromatic heterocycles. The molecule has 0 aliphatic heterocycles. The number of benzene rings is 1. The monoisotopic (exact) mass is 251 g/mol. The number of amides is 1. The second-order valence-electron chi connectivity index (χ2n) is 3.79. The summed E-state index contributed by atoms with van der Waals surface area (Å²) in [6.45, 7) is 3.06. The van der Waals surface area contributed by atoms with Gasteiger partial charge >= 0.3 is 0 Å². The highest BCUT2D eigenvalue weighted by atomic mass is 16.5. The minimum atomic E-state index is -0.680. The van der Waals surface area contributed by atoms with Crippen LogP contribution in [0.1, 0.15) is 24.2 Å². The zero-order valence-electron chi connectivity index (χ0n) is 10.9. The standard InChI is InChI=1S/C13H17NO4/c1-8(15)11-6-5-10(17-4)7-12(11)18-9(2)13(16)14-3/h5-7,9H,1-4H3,(H,14,16). The molecule has 0 fully saturated rings. The summed E-state index contributed by atoms with van der Waals surface area (Å²) in [6, 6.07) is 4.89. The van der Waals surface area contributed by atoms with Crippen molar-refractivity contribution in [3.8, 4) is 11.5 Å². The van der Waals surface area contributed by atoms with Crippen molar-refractivity contribution in [3.63, 3.8) is 0 Å². The van der Waals surface area contributed by atoms with Crippen molar-refractivity contribution >= 4 is 11.7 Å². The Balaban J connectivity index is 3.04. The first-order valence-electron chi connectivity index (χ1n) is 5.56. The molecule has 1 aromatic rings. The van der Waals surface area contributed by atoms with Crippen LogP contribution in [0.2, 0.25) is 0 Å². The molecule has 1 aromatic carbocycles. The van der Waals surface area contributed by atoms with Crippen LogP contribution in [0.15, 0.2) is 18.2 Å². The first-order valence-corrected chi connectivity index (χ1v) is 5.56. The number of likely N-dealkylation sites (N-methyl/N-ethyl adjacent to an activating group) is 1. The van der Waals surface area contributed by atoms with Gasteiger partial charge < -0.3 is 14.8 Å². The number of ether oxygens (including phenoxy) is 2. The Morgan fingerprint density at radius 3 is 2.50 bits per heavy atom. The van der Waals surface area contributed by atoms with Crippen molar-refractivity contribution in [1.82, 2.24) is 5.32 Å². The van der Waals surface area contributed by atoms with Crippen molar-refractivity contribution in [1.29, 1.82) is 0 Å². The van der Waals surface area contributed by atoms with Crippen molar-refractivity contribution in [2.45, 2.75) is 20.0 Å². The maximum Gasteiger partial charge on any atom is 0.260 e. The van der Waals surface area contributed by atoms with Gasteiger partial charge in [-0.1, -0.05) is 0 Å². The van der Waals surface area contributed by atoms with Crippen LogP contribution in [0.25, 0.3) is 0 Å². The molecule has 0 radical (unpaired) electrons. The lowest BCUT2D eigenvalue weighted by Gasteiger charge is -2.16. The molecule has 0 saturated carbocycles. The van der Waals surface area contributed by atoms with E-state index in [2.05, 4.69) is 5.32 Å². The van der Waals surface area contributed by atoms with Crippen LogP contribution in [0.5, 0.6) is 11.5 Å². The van der Waals surface area contributed by atoms with E-state index in [1.807, 2.05) is 0 Å². The molecule has 0 aliphatic rings. The zero-order chi connectivity index (χ0) is 13.7. The van der Waals surface area contributed by atoms with E-state index in [1.54, 1.807) is 25.1 Å². The van der Waals surface area contributed by atoms with E-state index in [-0.39, 0.29) is 11.7 Å². The van der Waals surface area contributed by atoms with Crippen molar-refractivity contribution < 1.29 is 19.1 Å². The van der Waals surface area contributed by atoms with Crippen molar-refractivity contribution in [3.05, 3.63) is 23.8 Å². The van der Waals surface area contributed by atoms with E-state index < -0.39 is 6.10 Å². The molecule has 1 atom stereocenters. The second-order valence-corrected chi connectivity index (χ2v) is 3.79. The van der Waals surface area contributed by atoms with E-state index >= 15 is 0 Å². The molecule has 98 valence electrons. The molecular formula is C13H17NO4. The number of rotatable bonds is 5. The van der Waals surface area contributed by atoms with Crippen LogP contribution in [-0.2, 0) is 4.79 Å². The number of carbonyl (C=O) groups excluding carboxylic acids is 2. The number of hydrogen-bond donors (Lipinski definition) is 1. The van der Waals surface area contributed by atoms with E-state index in [0.717, 1.165) is 0 Å². The molecule has 5 nitrogen and oxygen atoms in total. The minimum Gasteiger partial charge on any atom is -0.497 e. The SMILES string of the molecule is CNC(=O)C(C)Oc1cc(OC)ccc1C(C)=O. The maximum atomic E-state index is 11.5. The van der Waals surface area contributed by atoms with Crippen LogP contribution in [-0.4, -0.2) is 32.0 Å². The number of hydrogen-bond acceptors (Lipinski definition) is 4. The second kappa shape index (κ2) is 6.05. The summed E-state index contributed by atoms with van der Waals surface area (Å²) >= 11 is 0. The summed E-state index contributed by atoms with van der Waals surface area (Å²) in [6.07, 6.45) is -0.680. The molecule has 0 saturated heterocycles. The van der Waals surface area contributed by atoms with Crippen LogP contribution in [0, 0.1) is 0 Å². The van der Waals surface area contributed by atoms with E-state index in [1.165, 1.54) is 21.1 Å². The average Bonchev–Trinajstić information content (AvgIpc) is 2.37. The summed E-state index contributed by atoms with van der Waals surface area (Å²) < 4.78 is 10.6. The molecule has 1 N–H and O–H groups in total. The lowest BCUT2D eigenvalue weighted by Crippen LogP contribution is -2.34. The number of Topliss-reactive ketones (excluding diaryl/α,β-unsaturated/α-hetero) is 1. The molecule has 0 heterocycles. The molecular weight excluding hydrogens is 234 g/mol. The zero-order valence-corrected chi connectivity index (χ0v) is 10.9. The Morgan fingerprint density at radius 1 is 1.33 bits per heavy atom. The number of nitrogens with one attached hydrogen (secondary N) is 1. The molecule has 0 spiro atoms. The molecule has 0 aliphatic carbocycles. The summed E-state index contributed by atoms with van der Waals surface area (Å²) in [4.78, 5) is 22.9. The highest BCUT2D eigenvalue weighted by Crippen LogP contribution is 2.26. The lowest BCUT2D eigenvalue weighted by atomic mass is 10.1. The Bertz CT molecular complexity index is 456. The van der Waals surface area contributed by atoms with Crippen LogP contribution in [0.4, 0.5) is 0 Å². The number of methoxy groups -OCH3 is 1. The summed E-state index contributed by atoms with van der Waals surface area (Å²) in [5.41, 5.74) is 0.423. The van der Waals surface area contributed by atoms with Gasteiger partial charge in [0.2, 0.25) is 0 Å². The van der Waals surface area contributed by atoms with Gasteiger partial charge in [0, 0.05) is 13.1 Å².